The highest BCUT2D eigenvalue weighted by atomic mass is 28.4. The van der Waals surface area contributed by atoms with E-state index < -0.39 is 8.32 Å². The number of nitrogens with zero attached hydrogens (tertiary/aromatic N) is 1. The number of amides is 1. The summed E-state index contributed by atoms with van der Waals surface area (Å²) in [5.41, 5.74) is 2.00. The van der Waals surface area contributed by atoms with Crippen LogP contribution in [0.2, 0.25) is 18.1 Å². The van der Waals surface area contributed by atoms with Gasteiger partial charge in [0.05, 0.1) is 13.5 Å². The SMILES string of the molecule is C/C=C(\CC(=O)N(C)OC)c1ccc(O[Si](C)(C)C(C)(C)C)cc1. The van der Waals surface area contributed by atoms with Crippen molar-refractivity contribution in [2.45, 2.75) is 52.2 Å². The Morgan fingerprint density at radius 1 is 1.21 bits per heavy atom. The second-order valence-electron chi connectivity index (χ2n) is 7.45. The van der Waals surface area contributed by atoms with E-state index in [1.54, 1.807) is 7.05 Å². The highest BCUT2D eigenvalue weighted by molar-refractivity contribution is 6.74. The molecule has 0 aromatic heterocycles. The van der Waals surface area contributed by atoms with E-state index in [0.717, 1.165) is 16.9 Å². The molecule has 0 N–H and O–H groups in total. The van der Waals surface area contributed by atoms with E-state index in [4.69, 9.17) is 9.26 Å². The van der Waals surface area contributed by atoms with E-state index in [2.05, 4.69) is 33.9 Å². The van der Waals surface area contributed by atoms with Crippen LogP contribution in [0.25, 0.3) is 5.57 Å². The maximum atomic E-state index is 12.0. The molecule has 0 aliphatic rings. The van der Waals surface area contributed by atoms with Gasteiger partial charge in [0.15, 0.2) is 0 Å². The molecule has 0 saturated carbocycles. The molecule has 5 heteroatoms. The lowest BCUT2D eigenvalue weighted by molar-refractivity contribution is -0.167. The van der Waals surface area contributed by atoms with Gasteiger partial charge in [0.2, 0.25) is 14.2 Å². The van der Waals surface area contributed by atoms with Crippen molar-refractivity contribution < 1.29 is 14.1 Å². The van der Waals surface area contributed by atoms with E-state index in [1.807, 2.05) is 37.3 Å². The van der Waals surface area contributed by atoms with E-state index in [-0.39, 0.29) is 10.9 Å². The molecular formula is C19H31NO3Si. The molecule has 4 nitrogen and oxygen atoms in total. The predicted molar refractivity (Wildman–Crippen MR) is 102 cm³/mol. The molecule has 1 amide bonds. The Bertz CT molecular complexity index is 586. The van der Waals surface area contributed by atoms with Crippen LogP contribution in [0.5, 0.6) is 5.75 Å². The lowest BCUT2D eigenvalue weighted by Gasteiger charge is -2.36. The monoisotopic (exact) mass is 349 g/mol. The fraction of sp³-hybridized carbons (Fsp3) is 0.526. The lowest BCUT2D eigenvalue weighted by Crippen LogP contribution is -2.43. The number of rotatable bonds is 6. The van der Waals surface area contributed by atoms with Crippen LogP contribution in [0.1, 0.15) is 39.7 Å². The van der Waals surface area contributed by atoms with Crippen LogP contribution >= 0.6 is 0 Å². The lowest BCUT2D eigenvalue weighted by atomic mass is 10.0. The molecule has 1 aromatic rings. The molecule has 0 spiro atoms. The maximum Gasteiger partial charge on any atom is 0.250 e. The number of carbonyl (C=O) groups excluding carboxylic acids is 1. The smallest absolute Gasteiger partial charge is 0.250 e. The molecular weight excluding hydrogens is 318 g/mol. The average molecular weight is 350 g/mol. The Hall–Kier alpha value is -1.59. The van der Waals surface area contributed by atoms with Crippen LogP contribution in [-0.4, -0.2) is 33.4 Å². The Balaban J connectivity index is 2.88. The summed E-state index contributed by atoms with van der Waals surface area (Å²) in [4.78, 5) is 17.0. The molecule has 0 radical (unpaired) electrons. The normalized spacial score (nSPS) is 12.9. The van der Waals surface area contributed by atoms with Crippen molar-refractivity contribution in [1.82, 2.24) is 5.06 Å². The van der Waals surface area contributed by atoms with Crippen LogP contribution < -0.4 is 4.43 Å². The summed E-state index contributed by atoms with van der Waals surface area (Å²) in [6, 6.07) is 8.00. The molecule has 0 bridgehead atoms. The van der Waals surface area contributed by atoms with Crippen LogP contribution in [-0.2, 0) is 9.63 Å². The van der Waals surface area contributed by atoms with Crippen molar-refractivity contribution in [2.24, 2.45) is 0 Å². The summed E-state index contributed by atoms with van der Waals surface area (Å²) in [5.74, 6) is 0.813. The van der Waals surface area contributed by atoms with Gasteiger partial charge in [0.25, 0.3) is 0 Å². The standard InChI is InChI=1S/C19H31NO3Si/c1-9-15(14-18(21)20(5)22-6)16-10-12-17(13-11-16)23-24(7,8)19(2,3)4/h9-13H,14H2,1-8H3/b15-9+. The molecule has 0 unspecified atom stereocenters. The van der Waals surface area contributed by atoms with Gasteiger partial charge in [0.1, 0.15) is 5.75 Å². The Morgan fingerprint density at radius 2 is 1.75 bits per heavy atom. The van der Waals surface area contributed by atoms with Gasteiger partial charge in [0, 0.05) is 7.05 Å². The fourth-order valence-corrected chi connectivity index (χ4v) is 2.96. The summed E-state index contributed by atoms with van der Waals surface area (Å²) in [5, 5.41) is 1.41. The van der Waals surface area contributed by atoms with Crippen molar-refractivity contribution in [3.05, 3.63) is 35.9 Å². The summed E-state index contributed by atoms with van der Waals surface area (Å²) in [6.07, 6.45) is 2.27. The van der Waals surface area contributed by atoms with E-state index >= 15 is 0 Å². The number of hydrogen-bond donors (Lipinski definition) is 0. The first kappa shape index (κ1) is 20.5. The van der Waals surface area contributed by atoms with Gasteiger partial charge < -0.3 is 4.43 Å². The van der Waals surface area contributed by atoms with Crippen LogP contribution in [0.3, 0.4) is 0 Å². The Kier molecular flexibility index (Phi) is 6.81. The largest absolute Gasteiger partial charge is 0.544 e. The molecule has 0 saturated heterocycles. The first-order chi connectivity index (χ1) is 11.0. The van der Waals surface area contributed by atoms with E-state index in [0.29, 0.717) is 6.42 Å². The zero-order chi connectivity index (χ0) is 18.5. The summed E-state index contributed by atoms with van der Waals surface area (Å²) in [6.45, 7) is 13.1. The zero-order valence-corrected chi connectivity index (χ0v) is 17.3. The second kappa shape index (κ2) is 7.99. The molecule has 0 heterocycles. The Labute approximate surface area is 147 Å². The third-order valence-corrected chi connectivity index (χ3v) is 9.08. The third kappa shape index (κ3) is 5.21. The first-order valence-corrected chi connectivity index (χ1v) is 11.2. The van der Waals surface area contributed by atoms with Gasteiger partial charge >= 0.3 is 0 Å². The molecule has 0 atom stereocenters. The van der Waals surface area contributed by atoms with Crippen molar-refractivity contribution >= 4 is 19.8 Å². The molecule has 0 aliphatic carbocycles. The van der Waals surface area contributed by atoms with E-state index in [9.17, 15) is 4.79 Å². The number of hydrogen-bond acceptors (Lipinski definition) is 3. The van der Waals surface area contributed by atoms with Gasteiger partial charge in [-0.15, -0.1) is 0 Å². The number of carbonyl (C=O) groups is 1. The quantitative estimate of drug-likeness (QED) is 0.542. The minimum atomic E-state index is -1.84. The number of allylic oxidation sites excluding steroid dienone is 1. The van der Waals surface area contributed by atoms with E-state index in [1.165, 1.54) is 12.2 Å². The van der Waals surface area contributed by atoms with Crippen LogP contribution in [0.15, 0.2) is 30.3 Å². The van der Waals surface area contributed by atoms with Crippen molar-refractivity contribution in [2.75, 3.05) is 14.2 Å². The topological polar surface area (TPSA) is 38.8 Å². The van der Waals surface area contributed by atoms with Crippen LogP contribution in [0.4, 0.5) is 0 Å². The first-order valence-electron chi connectivity index (χ1n) is 8.27. The van der Waals surface area contributed by atoms with Crippen molar-refractivity contribution in [3.8, 4) is 5.75 Å². The molecule has 134 valence electrons. The molecule has 1 rings (SSSR count). The third-order valence-electron chi connectivity index (χ3n) is 4.72. The summed E-state index contributed by atoms with van der Waals surface area (Å²) < 4.78 is 6.30. The van der Waals surface area contributed by atoms with Gasteiger partial charge in [-0.2, -0.15) is 0 Å². The van der Waals surface area contributed by atoms with Gasteiger partial charge in [-0.25, -0.2) is 5.06 Å². The van der Waals surface area contributed by atoms with Crippen molar-refractivity contribution in [3.63, 3.8) is 0 Å². The minimum Gasteiger partial charge on any atom is -0.544 e. The second-order valence-corrected chi connectivity index (χ2v) is 12.2. The summed E-state index contributed by atoms with van der Waals surface area (Å²) >= 11 is 0. The van der Waals surface area contributed by atoms with Crippen LogP contribution in [0, 0.1) is 0 Å². The van der Waals surface area contributed by atoms with Gasteiger partial charge in [-0.1, -0.05) is 39.0 Å². The fourth-order valence-electron chi connectivity index (χ4n) is 1.93. The average Bonchev–Trinajstić information content (AvgIpc) is 2.51. The summed E-state index contributed by atoms with van der Waals surface area (Å²) in [7, 11) is 1.27. The highest BCUT2D eigenvalue weighted by Crippen LogP contribution is 2.37. The molecule has 24 heavy (non-hydrogen) atoms. The minimum absolute atomic E-state index is 0.0767. The highest BCUT2D eigenvalue weighted by Gasteiger charge is 2.38. The molecule has 0 fully saturated rings. The number of benzene rings is 1. The maximum absolute atomic E-state index is 12.0. The van der Waals surface area contributed by atoms with Gasteiger partial charge in [-0.3, -0.25) is 9.63 Å². The zero-order valence-electron chi connectivity index (χ0n) is 16.3. The van der Waals surface area contributed by atoms with Crippen molar-refractivity contribution in [1.29, 1.82) is 0 Å². The predicted octanol–water partition coefficient (Wildman–Crippen LogP) is 4.88. The number of hydroxylamine groups is 2. The molecule has 0 aliphatic heterocycles. The van der Waals surface area contributed by atoms with Gasteiger partial charge in [-0.05, 0) is 48.3 Å². The Morgan fingerprint density at radius 3 is 2.17 bits per heavy atom. The molecule has 1 aromatic carbocycles.